The van der Waals surface area contributed by atoms with Crippen LogP contribution in [0.5, 0.6) is 11.5 Å². The monoisotopic (exact) mass is 822 g/mol. The molecule has 1 aromatic rings. The fraction of sp³-hybridized carbons (Fsp3) is 0.581. The third kappa shape index (κ3) is 8.25. The normalized spacial score (nSPS) is 38.6. The predicted molar refractivity (Wildman–Crippen MR) is 209 cm³/mol. The molecule has 3 unspecified atom stereocenters. The number of amides is 1. The van der Waals surface area contributed by atoms with Gasteiger partial charge in [0.2, 0.25) is 5.78 Å². The van der Waals surface area contributed by atoms with Crippen LogP contribution in [0.25, 0.3) is 0 Å². The van der Waals surface area contributed by atoms with E-state index >= 15 is 0 Å². The number of methoxy groups -OCH3 is 1. The van der Waals surface area contributed by atoms with Crippen molar-refractivity contribution in [1.82, 2.24) is 5.32 Å². The standard InChI is InChI=1S/C43H54N2O14/c1-17-14-29(47)24-15-25(24)36(50)19(3)35(49)20(4)39(58-23(7)46)18(2)30(55-9)12-13-56-43(8)41(53)34-32-27(44-26-10-11-31(48)57-22(26)6)16-28(45-42(17)54)38(52)33(32)37(51)21(5)40(34)59-43/h12-14,16,18-20,22,24-26,30-31,35-36,39,48-51H,10-11,15H2,1-9H3,(H,45,54)/b13-12+,17-14-,44-27?/t18-,19+,20-,22?,24-,25+,26?,30+,31?,35-,36-,39-,43+/m1/s1. The molecule has 1 saturated carbocycles. The van der Waals surface area contributed by atoms with Gasteiger partial charge in [-0.05, 0) is 57.8 Å². The second-order valence-corrected chi connectivity index (χ2v) is 16.6. The number of hydrogen-bond donors (Lipinski definition) is 5. The molecule has 6 aliphatic rings. The number of Topliss-reactive ketones (excluding diaryl/α,β-unsaturated/α-hetero) is 2. The van der Waals surface area contributed by atoms with Gasteiger partial charge in [-0.15, -0.1) is 0 Å². The van der Waals surface area contributed by atoms with Crippen LogP contribution in [0.2, 0.25) is 0 Å². The van der Waals surface area contributed by atoms with Gasteiger partial charge >= 0.3 is 11.8 Å². The maximum Gasteiger partial charge on any atom is 0.312 e. The zero-order chi connectivity index (χ0) is 43.4. The maximum atomic E-state index is 14.5. The molecule has 4 aliphatic heterocycles. The van der Waals surface area contributed by atoms with Crippen LogP contribution >= 0.6 is 0 Å². The molecule has 13 atom stereocenters. The van der Waals surface area contributed by atoms with Crippen molar-refractivity contribution in [2.75, 3.05) is 7.11 Å². The number of ketones is 3. The quantitative estimate of drug-likeness (QED) is 0.276. The number of rotatable bonds is 3. The van der Waals surface area contributed by atoms with Crippen LogP contribution in [-0.4, -0.2) is 111 Å². The van der Waals surface area contributed by atoms with Gasteiger partial charge in [0.1, 0.15) is 17.6 Å². The molecule has 7 rings (SSSR count). The highest BCUT2D eigenvalue weighted by molar-refractivity contribution is 6.32. The number of allylic oxidation sites excluding steroid dienone is 3. The molecule has 5 N–H and O–H groups in total. The first-order chi connectivity index (χ1) is 27.7. The fourth-order valence-electron chi connectivity index (χ4n) is 8.69. The number of aromatic hydroxyl groups is 1. The number of carbonyl (C=O) groups excluding carboxylic acids is 5. The summed E-state index contributed by atoms with van der Waals surface area (Å²) in [6, 6.07) is -0.576. The lowest BCUT2D eigenvalue weighted by atomic mass is 9.79. The summed E-state index contributed by atoms with van der Waals surface area (Å²) < 4.78 is 29.3. The van der Waals surface area contributed by atoms with Crippen LogP contribution < -0.4 is 10.1 Å². The van der Waals surface area contributed by atoms with Crippen LogP contribution in [0.3, 0.4) is 0 Å². The Balaban J connectivity index is 1.48. The van der Waals surface area contributed by atoms with Gasteiger partial charge in [0, 0.05) is 67.7 Å². The summed E-state index contributed by atoms with van der Waals surface area (Å²) in [4.78, 5) is 73.1. The lowest BCUT2D eigenvalue weighted by Crippen LogP contribution is -2.46. The highest BCUT2D eigenvalue weighted by atomic mass is 16.7. The van der Waals surface area contributed by atoms with Crippen LogP contribution in [0.15, 0.2) is 40.8 Å². The Morgan fingerprint density at radius 2 is 1.64 bits per heavy atom. The molecule has 0 aromatic heterocycles. The zero-order valence-corrected chi connectivity index (χ0v) is 34.7. The van der Waals surface area contributed by atoms with E-state index in [-0.39, 0.29) is 51.4 Å². The molecule has 0 radical (unpaired) electrons. The molecule has 59 heavy (non-hydrogen) atoms. The van der Waals surface area contributed by atoms with Gasteiger partial charge in [0.15, 0.2) is 12.1 Å². The average molecular weight is 823 g/mol. The number of hydrogen-bond acceptors (Lipinski definition) is 15. The van der Waals surface area contributed by atoms with E-state index in [2.05, 4.69) is 5.32 Å². The van der Waals surface area contributed by atoms with E-state index in [4.69, 9.17) is 28.7 Å². The molecule has 1 amide bonds. The molecular formula is C43H54N2O14. The van der Waals surface area contributed by atoms with Crippen LogP contribution in [0, 0.1) is 36.5 Å². The number of carbonyl (C=O) groups is 5. The van der Waals surface area contributed by atoms with E-state index < -0.39 is 113 Å². The Labute approximate surface area is 342 Å². The van der Waals surface area contributed by atoms with Crippen molar-refractivity contribution in [3.63, 3.8) is 0 Å². The van der Waals surface area contributed by atoms with Gasteiger partial charge < -0.3 is 49.4 Å². The molecular weight excluding hydrogens is 768 g/mol. The lowest BCUT2D eigenvalue weighted by molar-refractivity contribution is -0.162. The number of aliphatic imine (C=N–C) groups is 1. The van der Waals surface area contributed by atoms with Crippen LogP contribution in [0.4, 0.5) is 0 Å². The zero-order valence-electron chi connectivity index (χ0n) is 34.7. The highest BCUT2D eigenvalue weighted by Gasteiger charge is 2.52. The summed E-state index contributed by atoms with van der Waals surface area (Å²) >= 11 is 0. The van der Waals surface area contributed by atoms with Crippen molar-refractivity contribution in [2.45, 2.75) is 123 Å². The van der Waals surface area contributed by atoms with Gasteiger partial charge in [-0.25, -0.2) is 0 Å². The van der Waals surface area contributed by atoms with Crippen molar-refractivity contribution >= 4 is 34.9 Å². The van der Waals surface area contributed by atoms with E-state index in [1.54, 1.807) is 27.7 Å². The molecule has 320 valence electrons. The molecule has 4 heterocycles. The Morgan fingerprint density at radius 1 is 0.949 bits per heavy atom. The number of fused-ring (bicyclic) bond motifs is 12. The van der Waals surface area contributed by atoms with Crippen molar-refractivity contribution in [3.8, 4) is 11.5 Å². The van der Waals surface area contributed by atoms with Gasteiger partial charge in [0.05, 0.1) is 59.3 Å². The number of esters is 1. The first-order valence-corrected chi connectivity index (χ1v) is 20.0. The minimum absolute atomic E-state index is 0.0441. The summed E-state index contributed by atoms with van der Waals surface area (Å²) in [5.41, 5.74) is -0.683. The first-order valence-electron chi connectivity index (χ1n) is 20.0. The number of nitrogens with one attached hydrogen (secondary N) is 1. The largest absolute Gasteiger partial charge is 0.507 e. The van der Waals surface area contributed by atoms with E-state index in [1.165, 1.54) is 53.2 Å². The van der Waals surface area contributed by atoms with E-state index in [1.807, 2.05) is 0 Å². The molecule has 2 aliphatic carbocycles. The third-order valence-corrected chi connectivity index (χ3v) is 12.4. The Hall–Kier alpha value is -4.74. The minimum atomic E-state index is -2.03. The van der Waals surface area contributed by atoms with E-state index in [0.717, 1.165) is 6.08 Å². The summed E-state index contributed by atoms with van der Waals surface area (Å²) in [6.07, 6.45) is 0.385. The number of nitrogens with zero attached hydrogens (tertiary/aromatic N) is 1. The lowest BCUT2D eigenvalue weighted by Gasteiger charge is -2.37. The van der Waals surface area contributed by atoms with Crippen molar-refractivity contribution < 1.29 is 68.1 Å². The number of phenolic OH excluding ortho intramolecular Hbond substituents is 1. The molecule has 2 fully saturated rings. The second kappa shape index (κ2) is 16.7. The summed E-state index contributed by atoms with van der Waals surface area (Å²) in [5, 5.41) is 47.2. The Bertz CT molecular complexity index is 2050. The average Bonchev–Trinajstić information content (AvgIpc) is 3.94. The predicted octanol–water partition coefficient (Wildman–Crippen LogP) is 3.14. The Morgan fingerprint density at radius 3 is 2.29 bits per heavy atom. The molecule has 5 bridgehead atoms. The summed E-state index contributed by atoms with van der Waals surface area (Å²) in [6.45, 7) is 12.2. The van der Waals surface area contributed by atoms with Crippen molar-refractivity contribution in [3.05, 3.63) is 58.0 Å². The number of ether oxygens (including phenoxy) is 5. The van der Waals surface area contributed by atoms with Crippen LogP contribution in [0.1, 0.15) is 99.6 Å². The van der Waals surface area contributed by atoms with Gasteiger partial charge in [-0.2, -0.15) is 0 Å². The number of aliphatic hydroxyl groups is 3. The van der Waals surface area contributed by atoms with Crippen molar-refractivity contribution in [2.24, 2.45) is 34.6 Å². The Kier molecular flexibility index (Phi) is 12.4. The number of benzene rings is 1. The first kappa shape index (κ1) is 43.8. The smallest absolute Gasteiger partial charge is 0.312 e. The molecule has 0 spiro atoms. The number of aliphatic hydroxyl groups excluding tert-OH is 3. The summed E-state index contributed by atoms with van der Waals surface area (Å²) in [7, 11) is 1.42. The van der Waals surface area contributed by atoms with Gasteiger partial charge in [-0.3, -0.25) is 29.0 Å². The maximum absolute atomic E-state index is 14.5. The second-order valence-electron chi connectivity index (χ2n) is 16.6. The number of phenols is 1. The third-order valence-electron chi connectivity index (χ3n) is 12.4. The molecule has 16 nitrogen and oxygen atoms in total. The van der Waals surface area contributed by atoms with Crippen LogP contribution in [-0.2, 0) is 33.3 Å². The van der Waals surface area contributed by atoms with Gasteiger partial charge in [0.25, 0.3) is 11.7 Å². The molecule has 1 saturated heterocycles. The summed E-state index contributed by atoms with van der Waals surface area (Å²) in [5.74, 6) is -9.25. The fourth-order valence-corrected chi connectivity index (χ4v) is 8.69. The SMILES string of the molecule is CO[C@H]1/C=C/O[C@@]2(C)Oc3c(C)c(O)c4c(c3C2=O)C(=NC2CCC(O)OC2C)C=C(NC(=O)/C(C)=C\C(=O)[C@@H]2C[C@@H]2[C@H](O)[C@@H](C)[C@@H](O)[C@@H](C)[C@H](OC(C)=O)[C@@H]1C)C4=O. The minimum Gasteiger partial charge on any atom is -0.507 e. The van der Waals surface area contributed by atoms with Crippen molar-refractivity contribution in [1.29, 1.82) is 0 Å². The topological polar surface area (TPSA) is 237 Å². The van der Waals surface area contributed by atoms with E-state index in [0.29, 0.717) is 12.8 Å². The molecule has 1 aromatic carbocycles. The molecule has 16 heteroatoms. The van der Waals surface area contributed by atoms with Gasteiger partial charge in [-0.1, -0.05) is 20.8 Å². The van der Waals surface area contributed by atoms with E-state index in [9.17, 15) is 44.4 Å². The highest BCUT2D eigenvalue weighted by Crippen LogP contribution is 2.49.